The topological polar surface area (TPSA) is 76.2 Å². The van der Waals surface area contributed by atoms with E-state index in [2.05, 4.69) is 15.3 Å². The number of aromatic nitrogens is 2. The molecule has 0 atom stereocenters. The van der Waals surface area contributed by atoms with Gasteiger partial charge in [-0.05, 0) is 48.0 Å². The van der Waals surface area contributed by atoms with E-state index in [1.54, 1.807) is 44.8 Å². The largest absolute Gasteiger partial charge is 0.493 e. The van der Waals surface area contributed by atoms with Crippen LogP contribution in [0.5, 0.6) is 11.5 Å². The first-order valence-corrected chi connectivity index (χ1v) is 8.00. The average molecular weight is 349 g/mol. The van der Waals surface area contributed by atoms with Crippen molar-refractivity contribution in [2.45, 2.75) is 0 Å². The lowest BCUT2D eigenvalue weighted by molar-refractivity contribution is -0.111. The molecular weight excluding hydrogens is 330 g/mol. The summed E-state index contributed by atoms with van der Waals surface area (Å²) in [5, 5.41) is 2.82. The summed E-state index contributed by atoms with van der Waals surface area (Å²) in [5.41, 5.74) is 2.50. The molecule has 0 fully saturated rings. The maximum atomic E-state index is 12.1. The molecule has 1 heterocycles. The molecule has 0 aliphatic heterocycles. The highest BCUT2D eigenvalue weighted by Crippen LogP contribution is 2.28. The number of anilines is 1. The molecule has 0 aliphatic carbocycles. The molecule has 2 N–H and O–H groups in total. The van der Waals surface area contributed by atoms with Crippen LogP contribution in [-0.4, -0.2) is 30.1 Å². The Bertz CT molecular complexity index is 901. The summed E-state index contributed by atoms with van der Waals surface area (Å²) < 4.78 is 10.5. The number of benzene rings is 2. The summed E-state index contributed by atoms with van der Waals surface area (Å²) in [5.74, 6) is 1.83. The number of hydrogen-bond donors (Lipinski definition) is 2. The van der Waals surface area contributed by atoms with Gasteiger partial charge in [-0.25, -0.2) is 4.98 Å². The van der Waals surface area contributed by atoms with Gasteiger partial charge in [0.25, 0.3) is 0 Å². The van der Waals surface area contributed by atoms with Crippen molar-refractivity contribution >= 4 is 17.7 Å². The summed E-state index contributed by atoms with van der Waals surface area (Å²) in [6, 6.07) is 12.9. The van der Waals surface area contributed by atoms with Gasteiger partial charge in [0.2, 0.25) is 5.91 Å². The van der Waals surface area contributed by atoms with E-state index in [9.17, 15) is 4.79 Å². The normalized spacial score (nSPS) is 10.7. The first kappa shape index (κ1) is 17.3. The Hall–Kier alpha value is -3.54. The zero-order valence-corrected chi connectivity index (χ0v) is 14.5. The molecule has 0 bridgehead atoms. The van der Waals surface area contributed by atoms with Gasteiger partial charge in [0.15, 0.2) is 11.5 Å². The fraction of sp³-hybridized carbons (Fsp3) is 0.100. The van der Waals surface area contributed by atoms with Crippen LogP contribution in [0.15, 0.2) is 60.9 Å². The minimum Gasteiger partial charge on any atom is -0.493 e. The quantitative estimate of drug-likeness (QED) is 0.665. The molecule has 0 saturated heterocycles. The molecule has 6 heteroatoms. The second kappa shape index (κ2) is 8.02. The Morgan fingerprint density at radius 2 is 1.85 bits per heavy atom. The first-order valence-electron chi connectivity index (χ1n) is 8.00. The van der Waals surface area contributed by atoms with Crippen molar-refractivity contribution in [3.63, 3.8) is 0 Å². The smallest absolute Gasteiger partial charge is 0.248 e. The van der Waals surface area contributed by atoms with Gasteiger partial charge in [0.05, 0.1) is 14.2 Å². The van der Waals surface area contributed by atoms with Crippen LogP contribution in [0.4, 0.5) is 5.69 Å². The molecule has 1 amide bonds. The summed E-state index contributed by atoms with van der Waals surface area (Å²) in [6.45, 7) is 0. The van der Waals surface area contributed by atoms with Gasteiger partial charge in [0, 0.05) is 29.7 Å². The second-order valence-corrected chi connectivity index (χ2v) is 5.45. The van der Waals surface area contributed by atoms with Gasteiger partial charge in [-0.2, -0.15) is 0 Å². The number of carbonyl (C=O) groups is 1. The maximum absolute atomic E-state index is 12.1. The van der Waals surface area contributed by atoms with Crippen LogP contribution in [0.2, 0.25) is 0 Å². The van der Waals surface area contributed by atoms with Gasteiger partial charge in [-0.1, -0.05) is 6.07 Å². The Morgan fingerprint density at radius 1 is 1.08 bits per heavy atom. The van der Waals surface area contributed by atoms with E-state index in [0.29, 0.717) is 17.2 Å². The summed E-state index contributed by atoms with van der Waals surface area (Å²) in [4.78, 5) is 19.3. The van der Waals surface area contributed by atoms with Gasteiger partial charge in [-0.3, -0.25) is 4.79 Å². The van der Waals surface area contributed by atoms with Crippen LogP contribution < -0.4 is 14.8 Å². The van der Waals surface area contributed by atoms with E-state index < -0.39 is 0 Å². The van der Waals surface area contributed by atoms with Crippen LogP contribution in [0.25, 0.3) is 17.5 Å². The Labute approximate surface area is 151 Å². The van der Waals surface area contributed by atoms with E-state index in [1.165, 1.54) is 6.08 Å². The third-order valence-electron chi connectivity index (χ3n) is 3.76. The number of nitrogens with one attached hydrogen (secondary N) is 2. The summed E-state index contributed by atoms with van der Waals surface area (Å²) >= 11 is 0. The fourth-order valence-corrected chi connectivity index (χ4v) is 2.45. The van der Waals surface area contributed by atoms with Crippen LogP contribution in [0.1, 0.15) is 5.56 Å². The number of hydrogen-bond acceptors (Lipinski definition) is 4. The van der Waals surface area contributed by atoms with Gasteiger partial charge in [-0.15, -0.1) is 0 Å². The van der Waals surface area contributed by atoms with E-state index >= 15 is 0 Å². The highest BCUT2D eigenvalue weighted by atomic mass is 16.5. The van der Waals surface area contributed by atoms with Gasteiger partial charge in [0.1, 0.15) is 5.82 Å². The molecule has 3 aromatic rings. The standard InChI is InChI=1S/C20H19N3O3/c1-25-17-9-3-14(13-18(17)26-2)4-10-19(24)23-16-7-5-15(6-8-16)20-21-11-12-22-20/h3-13H,1-2H3,(H,21,22)(H,23,24). The third kappa shape index (κ3) is 4.10. The lowest BCUT2D eigenvalue weighted by atomic mass is 10.2. The predicted molar refractivity (Wildman–Crippen MR) is 101 cm³/mol. The molecule has 0 saturated carbocycles. The summed E-state index contributed by atoms with van der Waals surface area (Å²) in [7, 11) is 3.16. The molecular formula is C20H19N3O3. The third-order valence-corrected chi connectivity index (χ3v) is 3.76. The van der Waals surface area contributed by atoms with Crippen molar-refractivity contribution in [1.82, 2.24) is 9.97 Å². The zero-order chi connectivity index (χ0) is 18.4. The molecule has 2 aromatic carbocycles. The van der Waals surface area contributed by atoms with Crippen LogP contribution in [0.3, 0.4) is 0 Å². The SMILES string of the molecule is COc1ccc(C=CC(=O)Nc2ccc(-c3ncc[nH]3)cc2)cc1OC. The lowest BCUT2D eigenvalue weighted by Crippen LogP contribution is -2.07. The molecule has 0 aliphatic rings. The van der Waals surface area contributed by atoms with Crippen molar-refractivity contribution in [1.29, 1.82) is 0 Å². The number of aromatic amines is 1. The van der Waals surface area contributed by atoms with Crippen LogP contribution in [-0.2, 0) is 4.79 Å². The molecule has 3 rings (SSSR count). The highest BCUT2D eigenvalue weighted by Gasteiger charge is 2.04. The number of H-pyrrole nitrogens is 1. The first-order chi connectivity index (χ1) is 12.7. The monoisotopic (exact) mass is 349 g/mol. The number of methoxy groups -OCH3 is 2. The van der Waals surface area contributed by atoms with Crippen molar-refractivity contribution in [3.05, 3.63) is 66.5 Å². The molecule has 26 heavy (non-hydrogen) atoms. The average Bonchev–Trinajstić information content (AvgIpc) is 3.21. The molecule has 6 nitrogen and oxygen atoms in total. The number of imidazole rings is 1. The number of carbonyl (C=O) groups excluding carboxylic acids is 1. The number of ether oxygens (including phenoxy) is 2. The Kier molecular flexibility index (Phi) is 5.34. The van der Waals surface area contributed by atoms with E-state index in [4.69, 9.17) is 9.47 Å². The Balaban J connectivity index is 1.64. The fourth-order valence-electron chi connectivity index (χ4n) is 2.45. The molecule has 1 aromatic heterocycles. The summed E-state index contributed by atoms with van der Waals surface area (Å²) in [6.07, 6.45) is 6.66. The minimum absolute atomic E-state index is 0.217. The zero-order valence-electron chi connectivity index (χ0n) is 14.5. The number of nitrogens with zero attached hydrogens (tertiary/aromatic N) is 1. The van der Waals surface area contributed by atoms with E-state index in [1.807, 2.05) is 30.3 Å². The molecule has 0 radical (unpaired) electrons. The van der Waals surface area contributed by atoms with E-state index in [0.717, 1.165) is 17.0 Å². The minimum atomic E-state index is -0.217. The maximum Gasteiger partial charge on any atom is 0.248 e. The molecule has 0 unspecified atom stereocenters. The van der Waals surface area contributed by atoms with Crippen molar-refractivity contribution in [2.75, 3.05) is 19.5 Å². The second-order valence-electron chi connectivity index (χ2n) is 5.45. The van der Waals surface area contributed by atoms with Crippen LogP contribution >= 0.6 is 0 Å². The lowest BCUT2D eigenvalue weighted by Gasteiger charge is -2.07. The van der Waals surface area contributed by atoms with E-state index in [-0.39, 0.29) is 5.91 Å². The van der Waals surface area contributed by atoms with Crippen molar-refractivity contribution in [2.24, 2.45) is 0 Å². The molecule has 132 valence electrons. The highest BCUT2D eigenvalue weighted by molar-refractivity contribution is 6.02. The van der Waals surface area contributed by atoms with Crippen molar-refractivity contribution < 1.29 is 14.3 Å². The van der Waals surface area contributed by atoms with Crippen LogP contribution in [0, 0.1) is 0 Å². The van der Waals surface area contributed by atoms with Gasteiger partial charge >= 0.3 is 0 Å². The molecule has 0 spiro atoms. The Morgan fingerprint density at radius 3 is 2.50 bits per heavy atom. The predicted octanol–water partition coefficient (Wildman–Crippen LogP) is 3.75. The van der Waals surface area contributed by atoms with Gasteiger partial charge < -0.3 is 19.8 Å². The number of rotatable bonds is 6. The van der Waals surface area contributed by atoms with Crippen molar-refractivity contribution in [3.8, 4) is 22.9 Å². The number of amides is 1.